The van der Waals surface area contributed by atoms with Crippen LogP contribution in [0.4, 0.5) is 5.82 Å². The van der Waals surface area contributed by atoms with Crippen LogP contribution in [0.25, 0.3) is 0 Å². The zero-order valence-corrected chi connectivity index (χ0v) is 15.7. The molecule has 0 saturated carbocycles. The molecule has 1 aromatic carbocycles. The van der Waals surface area contributed by atoms with Gasteiger partial charge in [0.15, 0.2) is 0 Å². The minimum absolute atomic E-state index is 0.149. The summed E-state index contributed by atoms with van der Waals surface area (Å²) < 4.78 is 11.2. The summed E-state index contributed by atoms with van der Waals surface area (Å²) in [7, 11) is 0. The van der Waals surface area contributed by atoms with Crippen LogP contribution in [0, 0.1) is 13.8 Å². The second-order valence-electron chi connectivity index (χ2n) is 6.47. The Balaban J connectivity index is 1.42. The third-order valence-electron chi connectivity index (χ3n) is 4.13. The van der Waals surface area contributed by atoms with E-state index in [2.05, 4.69) is 16.0 Å². The Morgan fingerprint density at radius 1 is 1.27 bits per heavy atom. The van der Waals surface area contributed by atoms with Crippen molar-refractivity contribution in [2.24, 2.45) is 0 Å². The molecule has 138 valence electrons. The van der Waals surface area contributed by atoms with E-state index in [0.29, 0.717) is 24.1 Å². The molecule has 7 heteroatoms. The van der Waals surface area contributed by atoms with Gasteiger partial charge in [-0.05, 0) is 37.1 Å². The zero-order chi connectivity index (χ0) is 18.5. The second-order valence-corrected chi connectivity index (χ2v) is 6.86. The van der Waals surface area contributed by atoms with Crippen molar-refractivity contribution in [3.8, 4) is 5.75 Å². The topological polar surface area (TPSA) is 64.6 Å². The van der Waals surface area contributed by atoms with Crippen LogP contribution in [0.3, 0.4) is 0 Å². The molecule has 0 radical (unpaired) electrons. The van der Waals surface area contributed by atoms with Gasteiger partial charge in [0, 0.05) is 13.0 Å². The van der Waals surface area contributed by atoms with E-state index in [1.54, 1.807) is 6.20 Å². The molecule has 0 aliphatic carbocycles. The van der Waals surface area contributed by atoms with E-state index in [1.165, 1.54) is 6.20 Å². The summed E-state index contributed by atoms with van der Waals surface area (Å²) in [5.74, 6) is 1.23. The first kappa shape index (κ1) is 18.5. The molecule has 0 spiro atoms. The zero-order valence-electron chi connectivity index (χ0n) is 14.9. The lowest BCUT2D eigenvalue weighted by atomic mass is 10.1. The van der Waals surface area contributed by atoms with Crippen LogP contribution < -0.4 is 9.64 Å². The number of hydrogen-bond donors (Lipinski definition) is 0. The Labute approximate surface area is 158 Å². The molecule has 1 aliphatic heterocycles. The predicted octanol–water partition coefficient (Wildman–Crippen LogP) is 3.34. The van der Waals surface area contributed by atoms with Crippen molar-refractivity contribution in [1.29, 1.82) is 0 Å². The number of rotatable bonds is 6. The van der Waals surface area contributed by atoms with E-state index in [0.717, 1.165) is 29.8 Å². The molecular formula is C19H22ClN3O3. The summed E-state index contributed by atoms with van der Waals surface area (Å²) in [6.45, 7) is 5.69. The van der Waals surface area contributed by atoms with Gasteiger partial charge in [0.2, 0.25) is 0 Å². The summed E-state index contributed by atoms with van der Waals surface area (Å²) in [6, 6.07) is 6.00. The average Bonchev–Trinajstić information content (AvgIpc) is 3.02. The molecule has 0 N–H and O–H groups in total. The minimum atomic E-state index is -0.251. The van der Waals surface area contributed by atoms with Gasteiger partial charge in [-0.15, -0.1) is 0 Å². The maximum atomic E-state index is 12.1. The summed E-state index contributed by atoms with van der Waals surface area (Å²) in [6.07, 6.45) is 3.99. The van der Waals surface area contributed by atoms with Crippen molar-refractivity contribution in [2.45, 2.75) is 32.8 Å². The Morgan fingerprint density at radius 2 is 2.04 bits per heavy atom. The summed E-state index contributed by atoms with van der Waals surface area (Å²) >= 11 is 5.87. The smallest absolute Gasteiger partial charge is 0.309 e. The highest BCUT2D eigenvalue weighted by Crippen LogP contribution is 2.21. The van der Waals surface area contributed by atoms with Gasteiger partial charge in [-0.3, -0.25) is 9.78 Å². The number of esters is 1. The maximum Gasteiger partial charge on any atom is 0.309 e. The number of ether oxygens (including phenoxy) is 2. The van der Waals surface area contributed by atoms with Gasteiger partial charge < -0.3 is 14.4 Å². The van der Waals surface area contributed by atoms with E-state index in [9.17, 15) is 4.79 Å². The largest absolute Gasteiger partial charge is 0.493 e. The Kier molecular flexibility index (Phi) is 5.93. The quantitative estimate of drug-likeness (QED) is 0.721. The van der Waals surface area contributed by atoms with Gasteiger partial charge in [0.1, 0.15) is 22.8 Å². The first-order valence-electron chi connectivity index (χ1n) is 8.62. The predicted molar refractivity (Wildman–Crippen MR) is 99.8 cm³/mol. The number of benzene rings is 1. The molecule has 3 rings (SSSR count). The Bertz CT molecular complexity index is 764. The van der Waals surface area contributed by atoms with Crippen molar-refractivity contribution >= 4 is 23.4 Å². The van der Waals surface area contributed by atoms with Crippen LogP contribution in [-0.4, -0.2) is 41.7 Å². The average molecular weight is 376 g/mol. The highest BCUT2D eigenvalue weighted by atomic mass is 35.5. The van der Waals surface area contributed by atoms with E-state index < -0.39 is 0 Å². The molecule has 2 heterocycles. The second kappa shape index (κ2) is 8.36. The molecule has 1 fully saturated rings. The number of anilines is 1. The molecule has 0 unspecified atom stereocenters. The third kappa shape index (κ3) is 5.08. The van der Waals surface area contributed by atoms with Crippen molar-refractivity contribution in [3.05, 3.63) is 46.9 Å². The normalized spacial score (nSPS) is 16.6. The molecule has 1 saturated heterocycles. The number of hydrogen-bond acceptors (Lipinski definition) is 6. The van der Waals surface area contributed by atoms with Crippen LogP contribution in [0.5, 0.6) is 5.75 Å². The first-order valence-corrected chi connectivity index (χ1v) is 9.00. The Morgan fingerprint density at radius 3 is 2.77 bits per heavy atom. The highest BCUT2D eigenvalue weighted by molar-refractivity contribution is 6.29. The van der Waals surface area contributed by atoms with Crippen LogP contribution in [0.2, 0.25) is 5.15 Å². The molecule has 0 amide bonds. The molecule has 1 atom stereocenters. The fraction of sp³-hybridized carbons (Fsp3) is 0.421. The fourth-order valence-electron chi connectivity index (χ4n) is 3.03. The van der Waals surface area contributed by atoms with Crippen molar-refractivity contribution in [1.82, 2.24) is 9.97 Å². The number of halogens is 1. The SMILES string of the molecule is Cc1cc(C)cc(OCCC(=O)O[C@@H]2CCN(c3cncc(Cl)n3)C2)c1. The number of carbonyl (C=O) groups excluding carboxylic acids is 1. The van der Waals surface area contributed by atoms with Crippen LogP contribution in [0.15, 0.2) is 30.6 Å². The fourth-order valence-corrected chi connectivity index (χ4v) is 3.17. The van der Waals surface area contributed by atoms with Crippen molar-refractivity contribution < 1.29 is 14.3 Å². The summed E-state index contributed by atoms with van der Waals surface area (Å²) in [5.41, 5.74) is 2.27. The van der Waals surface area contributed by atoms with Crippen LogP contribution in [0.1, 0.15) is 24.0 Å². The molecule has 1 aliphatic rings. The Hall–Kier alpha value is -2.34. The van der Waals surface area contributed by atoms with Gasteiger partial charge in [-0.2, -0.15) is 0 Å². The lowest BCUT2D eigenvalue weighted by molar-refractivity contribution is -0.148. The summed E-state index contributed by atoms with van der Waals surface area (Å²) in [4.78, 5) is 22.3. The highest BCUT2D eigenvalue weighted by Gasteiger charge is 2.26. The standard InChI is InChI=1S/C19H22ClN3O3/c1-13-7-14(2)9-16(8-13)25-6-4-19(24)26-15-3-5-23(12-15)18-11-21-10-17(20)22-18/h7-11,15H,3-6,12H2,1-2H3/t15-/m1/s1. The van der Waals surface area contributed by atoms with Crippen molar-refractivity contribution in [2.75, 3.05) is 24.6 Å². The van der Waals surface area contributed by atoms with E-state index >= 15 is 0 Å². The third-order valence-corrected chi connectivity index (χ3v) is 4.31. The molecule has 26 heavy (non-hydrogen) atoms. The van der Waals surface area contributed by atoms with E-state index in [4.69, 9.17) is 21.1 Å². The molecule has 0 bridgehead atoms. The van der Waals surface area contributed by atoms with E-state index in [-0.39, 0.29) is 18.5 Å². The molecule has 1 aromatic heterocycles. The monoisotopic (exact) mass is 375 g/mol. The summed E-state index contributed by atoms with van der Waals surface area (Å²) in [5, 5.41) is 0.353. The lowest BCUT2D eigenvalue weighted by Crippen LogP contribution is -2.26. The molecule has 2 aromatic rings. The van der Waals surface area contributed by atoms with Gasteiger partial charge in [-0.25, -0.2) is 4.98 Å². The van der Waals surface area contributed by atoms with Crippen LogP contribution in [-0.2, 0) is 9.53 Å². The molecular weight excluding hydrogens is 354 g/mol. The number of carbonyl (C=O) groups is 1. The number of aromatic nitrogens is 2. The number of nitrogens with zero attached hydrogens (tertiary/aromatic N) is 3. The van der Waals surface area contributed by atoms with E-state index in [1.807, 2.05) is 30.9 Å². The maximum absolute atomic E-state index is 12.1. The number of aryl methyl sites for hydroxylation is 2. The molecule has 6 nitrogen and oxygen atoms in total. The van der Waals surface area contributed by atoms with Gasteiger partial charge in [0.05, 0.1) is 32.0 Å². The minimum Gasteiger partial charge on any atom is -0.493 e. The van der Waals surface area contributed by atoms with Gasteiger partial charge in [0.25, 0.3) is 0 Å². The van der Waals surface area contributed by atoms with Gasteiger partial charge >= 0.3 is 5.97 Å². The van der Waals surface area contributed by atoms with Crippen molar-refractivity contribution in [3.63, 3.8) is 0 Å². The van der Waals surface area contributed by atoms with Gasteiger partial charge in [-0.1, -0.05) is 17.7 Å². The van der Waals surface area contributed by atoms with Crippen LogP contribution >= 0.6 is 11.6 Å². The lowest BCUT2D eigenvalue weighted by Gasteiger charge is -2.17. The first-order chi connectivity index (χ1) is 12.5.